The van der Waals surface area contributed by atoms with E-state index in [9.17, 15) is 4.79 Å². The molecule has 0 radical (unpaired) electrons. The standard InChI is InChI=1S/C11H17N5O/c1-7-5-14-11(12-2)16-10(7)15-8-3-4-9(17)13-6-8/h5,8H,3-4,6H2,1-2H3,(H,13,17)(H2,12,14,15,16). The molecule has 1 fully saturated rings. The zero-order chi connectivity index (χ0) is 12.3. The molecule has 3 N–H and O–H groups in total. The number of rotatable bonds is 3. The number of nitrogens with zero attached hydrogens (tertiary/aromatic N) is 2. The molecule has 1 saturated heterocycles. The van der Waals surface area contributed by atoms with Crippen LogP contribution in [0.3, 0.4) is 0 Å². The molecule has 0 aromatic carbocycles. The van der Waals surface area contributed by atoms with Gasteiger partial charge in [-0.15, -0.1) is 0 Å². The van der Waals surface area contributed by atoms with Gasteiger partial charge in [0.15, 0.2) is 0 Å². The molecule has 1 aliphatic heterocycles. The van der Waals surface area contributed by atoms with E-state index in [1.807, 2.05) is 6.92 Å². The van der Waals surface area contributed by atoms with Gasteiger partial charge in [0, 0.05) is 37.8 Å². The minimum Gasteiger partial charge on any atom is -0.365 e. The smallest absolute Gasteiger partial charge is 0.224 e. The molecule has 0 spiro atoms. The highest BCUT2D eigenvalue weighted by Gasteiger charge is 2.18. The zero-order valence-electron chi connectivity index (χ0n) is 10.1. The van der Waals surface area contributed by atoms with Crippen LogP contribution in [0.15, 0.2) is 6.20 Å². The minimum absolute atomic E-state index is 0.123. The predicted molar refractivity (Wildman–Crippen MR) is 66.0 cm³/mol. The second kappa shape index (κ2) is 4.99. The summed E-state index contributed by atoms with van der Waals surface area (Å²) in [4.78, 5) is 19.5. The highest BCUT2D eigenvalue weighted by molar-refractivity contribution is 5.77. The molecule has 1 aromatic heterocycles. The summed E-state index contributed by atoms with van der Waals surface area (Å²) >= 11 is 0. The Kier molecular flexibility index (Phi) is 3.41. The number of carbonyl (C=O) groups excluding carboxylic acids is 1. The number of carbonyl (C=O) groups is 1. The summed E-state index contributed by atoms with van der Waals surface area (Å²) in [5, 5.41) is 9.09. The van der Waals surface area contributed by atoms with E-state index in [0.29, 0.717) is 18.9 Å². The fraction of sp³-hybridized carbons (Fsp3) is 0.545. The van der Waals surface area contributed by atoms with Crippen LogP contribution in [0.1, 0.15) is 18.4 Å². The molecule has 1 unspecified atom stereocenters. The van der Waals surface area contributed by atoms with Crippen molar-refractivity contribution in [2.75, 3.05) is 24.2 Å². The first-order valence-corrected chi connectivity index (χ1v) is 5.73. The summed E-state index contributed by atoms with van der Waals surface area (Å²) < 4.78 is 0. The molecule has 92 valence electrons. The predicted octanol–water partition coefficient (Wildman–Crippen LogP) is 0.517. The van der Waals surface area contributed by atoms with Crippen LogP contribution in [0, 0.1) is 6.92 Å². The van der Waals surface area contributed by atoms with Crippen LogP contribution in [0.2, 0.25) is 0 Å². The Labute approximate surface area is 100 Å². The summed E-state index contributed by atoms with van der Waals surface area (Å²) in [6, 6.07) is 0.242. The van der Waals surface area contributed by atoms with E-state index in [2.05, 4.69) is 25.9 Å². The van der Waals surface area contributed by atoms with Gasteiger partial charge in [-0.05, 0) is 13.3 Å². The lowest BCUT2D eigenvalue weighted by atomic mass is 10.1. The van der Waals surface area contributed by atoms with E-state index in [1.165, 1.54) is 0 Å². The van der Waals surface area contributed by atoms with Crippen molar-refractivity contribution in [3.8, 4) is 0 Å². The Hall–Kier alpha value is -1.85. The van der Waals surface area contributed by atoms with Gasteiger partial charge in [-0.1, -0.05) is 0 Å². The Balaban J connectivity index is 2.04. The maximum absolute atomic E-state index is 11.1. The summed E-state index contributed by atoms with van der Waals surface area (Å²) in [6.07, 6.45) is 3.19. The molecule has 1 aliphatic rings. The highest BCUT2D eigenvalue weighted by atomic mass is 16.1. The van der Waals surface area contributed by atoms with E-state index in [1.54, 1.807) is 13.2 Å². The lowest BCUT2D eigenvalue weighted by Gasteiger charge is -2.24. The van der Waals surface area contributed by atoms with Crippen LogP contribution < -0.4 is 16.0 Å². The van der Waals surface area contributed by atoms with Crippen molar-refractivity contribution < 1.29 is 4.79 Å². The van der Waals surface area contributed by atoms with Crippen LogP contribution in [0.4, 0.5) is 11.8 Å². The molecule has 2 rings (SSSR count). The van der Waals surface area contributed by atoms with Gasteiger partial charge in [-0.2, -0.15) is 4.98 Å². The van der Waals surface area contributed by atoms with Crippen LogP contribution >= 0.6 is 0 Å². The van der Waals surface area contributed by atoms with Crippen molar-refractivity contribution in [3.05, 3.63) is 11.8 Å². The molecule has 1 aromatic rings. The van der Waals surface area contributed by atoms with Crippen LogP contribution in [-0.4, -0.2) is 35.5 Å². The van der Waals surface area contributed by atoms with Crippen molar-refractivity contribution in [2.24, 2.45) is 0 Å². The van der Waals surface area contributed by atoms with E-state index >= 15 is 0 Å². The third kappa shape index (κ3) is 2.83. The Morgan fingerprint density at radius 1 is 1.53 bits per heavy atom. The van der Waals surface area contributed by atoms with E-state index in [0.717, 1.165) is 17.8 Å². The molecule has 0 aliphatic carbocycles. The summed E-state index contributed by atoms with van der Waals surface area (Å²) in [5.41, 5.74) is 1.00. The number of aryl methyl sites for hydroxylation is 1. The Bertz CT molecular complexity index is 410. The van der Waals surface area contributed by atoms with Gasteiger partial charge in [0.05, 0.1) is 0 Å². The van der Waals surface area contributed by atoms with Crippen LogP contribution in [0.25, 0.3) is 0 Å². The number of anilines is 2. The number of nitrogens with one attached hydrogen (secondary N) is 3. The average Bonchev–Trinajstić information content (AvgIpc) is 2.35. The van der Waals surface area contributed by atoms with Gasteiger partial charge in [-0.3, -0.25) is 4.79 Å². The fourth-order valence-electron chi connectivity index (χ4n) is 1.76. The molecule has 6 nitrogen and oxygen atoms in total. The van der Waals surface area contributed by atoms with Crippen LogP contribution in [-0.2, 0) is 4.79 Å². The minimum atomic E-state index is 0.123. The third-order valence-corrected chi connectivity index (χ3v) is 2.80. The first-order valence-electron chi connectivity index (χ1n) is 5.73. The third-order valence-electron chi connectivity index (χ3n) is 2.80. The van der Waals surface area contributed by atoms with Gasteiger partial charge in [0.2, 0.25) is 11.9 Å². The monoisotopic (exact) mass is 235 g/mol. The summed E-state index contributed by atoms with van der Waals surface area (Å²) in [7, 11) is 1.79. The molecule has 1 amide bonds. The molecule has 6 heteroatoms. The van der Waals surface area contributed by atoms with Crippen molar-refractivity contribution in [2.45, 2.75) is 25.8 Å². The average molecular weight is 235 g/mol. The molecule has 0 bridgehead atoms. The molecular formula is C11H17N5O. The molecule has 2 heterocycles. The van der Waals surface area contributed by atoms with Gasteiger partial charge in [-0.25, -0.2) is 4.98 Å². The van der Waals surface area contributed by atoms with E-state index in [4.69, 9.17) is 0 Å². The molecular weight excluding hydrogens is 218 g/mol. The Morgan fingerprint density at radius 3 is 3.00 bits per heavy atom. The van der Waals surface area contributed by atoms with Gasteiger partial charge < -0.3 is 16.0 Å². The van der Waals surface area contributed by atoms with Gasteiger partial charge >= 0.3 is 0 Å². The van der Waals surface area contributed by atoms with Gasteiger partial charge in [0.1, 0.15) is 5.82 Å². The first-order chi connectivity index (χ1) is 8.19. The molecule has 0 saturated carbocycles. The normalized spacial score (nSPS) is 19.6. The number of hydrogen-bond donors (Lipinski definition) is 3. The number of aromatic nitrogens is 2. The lowest BCUT2D eigenvalue weighted by Crippen LogP contribution is -2.42. The fourth-order valence-corrected chi connectivity index (χ4v) is 1.76. The lowest BCUT2D eigenvalue weighted by molar-refractivity contribution is -0.122. The second-order valence-corrected chi connectivity index (χ2v) is 4.16. The van der Waals surface area contributed by atoms with Crippen molar-refractivity contribution >= 4 is 17.7 Å². The highest BCUT2D eigenvalue weighted by Crippen LogP contribution is 2.15. The molecule has 1 atom stereocenters. The number of piperidine rings is 1. The maximum Gasteiger partial charge on any atom is 0.224 e. The van der Waals surface area contributed by atoms with E-state index < -0.39 is 0 Å². The maximum atomic E-state index is 11.1. The van der Waals surface area contributed by atoms with Crippen LogP contribution in [0.5, 0.6) is 0 Å². The molecule has 17 heavy (non-hydrogen) atoms. The second-order valence-electron chi connectivity index (χ2n) is 4.16. The summed E-state index contributed by atoms with van der Waals surface area (Å²) in [6.45, 7) is 2.61. The largest absolute Gasteiger partial charge is 0.365 e. The van der Waals surface area contributed by atoms with Gasteiger partial charge in [0.25, 0.3) is 0 Å². The van der Waals surface area contributed by atoms with E-state index in [-0.39, 0.29) is 11.9 Å². The Morgan fingerprint density at radius 2 is 2.35 bits per heavy atom. The number of hydrogen-bond acceptors (Lipinski definition) is 5. The SMILES string of the molecule is CNc1ncc(C)c(NC2CCC(=O)NC2)n1. The van der Waals surface area contributed by atoms with Crippen molar-refractivity contribution in [1.82, 2.24) is 15.3 Å². The zero-order valence-corrected chi connectivity index (χ0v) is 10.1. The van der Waals surface area contributed by atoms with Crippen molar-refractivity contribution in [3.63, 3.8) is 0 Å². The summed E-state index contributed by atoms with van der Waals surface area (Å²) in [5.74, 6) is 1.54. The topological polar surface area (TPSA) is 78.9 Å². The quantitative estimate of drug-likeness (QED) is 0.711. The van der Waals surface area contributed by atoms with Crippen molar-refractivity contribution in [1.29, 1.82) is 0 Å². The number of amides is 1. The first kappa shape index (κ1) is 11.6.